The zero-order valence-electron chi connectivity index (χ0n) is 11.7. The van der Waals surface area contributed by atoms with E-state index in [1.54, 1.807) is 6.07 Å². The highest BCUT2D eigenvalue weighted by Crippen LogP contribution is 2.17. The van der Waals surface area contributed by atoms with Gasteiger partial charge in [0.05, 0.1) is 10.5 Å². The van der Waals surface area contributed by atoms with Gasteiger partial charge in [-0.15, -0.1) is 0 Å². The van der Waals surface area contributed by atoms with Crippen LogP contribution in [0.4, 0.5) is 10.1 Å². The zero-order valence-corrected chi connectivity index (χ0v) is 12.5. The molecule has 0 unspecified atom stereocenters. The Hall–Kier alpha value is -2.92. The Bertz CT molecular complexity index is 841. The van der Waals surface area contributed by atoms with E-state index in [4.69, 9.17) is 5.26 Å². The van der Waals surface area contributed by atoms with E-state index >= 15 is 0 Å². The molecule has 0 aliphatic heterocycles. The minimum Gasteiger partial charge on any atom is -0.447 e. The van der Waals surface area contributed by atoms with E-state index in [1.807, 2.05) is 0 Å². The maximum Gasteiger partial charge on any atom is 0.339 e. The van der Waals surface area contributed by atoms with Gasteiger partial charge in [-0.2, -0.15) is 5.26 Å². The Morgan fingerprint density at radius 1 is 1.13 bits per heavy atom. The largest absolute Gasteiger partial charge is 0.447 e. The molecule has 0 atom stereocenters. The second-order valence-corrected chi connectivity index (χ2v) is 6.05. The summed E-state index contributed by atoms with van der Waals surface area (Å²) in [5.74, 6) is -1.22. The topological polar surface area (TPSA) is 96.3 Å². The predicted molar refractivity (Wildman–Crippen MR) is 79.5 cm³/mol. The number of anilines is 1. The van der Waals surface area contributed by atoms with Crippen LogP contribution in [-0.4, -0.2) is 21.0 Å². The van der Waals surface area contributed by atoms with Crippen LogP contribution in [0.3, 0.4) is 0 Å². The molecule has 118 valence electrons. The summed E-state index contributed by atoms with van der Waals surface area (Å²) >= 11 is 0. The van der Waals surface area contributed by atoms with Gasteiger partial charge in [0.15, 0.2) is 6.61 Å². The van der Waals surface area contributed by atoms with Crippen LogP contribution in [0.15, 0.2) is 53.4 Å². The molecule has 0 bridgehead atoms. The van der Waals surface area contributed by atoms with Gasteiger partial charge in [-0.3, -0.25) is 4.72 Å². The summed E-state index contributed by atoms with van der Waals surface area (Å²) in [6, 6.07) is 11.5. The third kappa shape index (κ3) is 4.28. The van der Waals surface area contributed by atoms with E-state index in [-0.39, 0.29) is 22.8 Å². The van der Waals surface area contributed by atoms with Crippen molar-refractivity contribution in [3.8, 4) is 6.07 Å². The van der Waals surface area contributed by atoms with Gasteiger partial charge in [-0.25, -0.2) is 17.6 Å². The molecule has 2 aromatic rings. The van der Waals surface area contributed by atoms with Gasteiger partial charge in [0.25, 0.3) is 10.0 Å². The Kier molecular flexibility index (Phi) is 4.93. The lowest BCUT2D eigenvalue weighted by Crippen LogP contribution is -2.13. The fraction of sp³-hybridized carbons (Fsp3) is 0.0667. The lowest BCUT2D eigenvalue weighted by molar-refractivity contribution is 0.0555. The number of nitrogens with one attached hydrogen (secondary N) is 1. The number of ether oxygens (including phenoxy) is 1. The average molecular weight is 334 g/mol. The molecule has 0 spiro atoms. The van der Waals surface area contributed by atoms with Crippen molar-refractivity contribution in [2.75, 3.05) is 11.3 Å². The SMILES string of the molecule is N#CCOC(=O)c1ccc(NS(=O)(=O)c2ccc(F)cc2)cc1. The Balaban J connectivity index is 2.13. The maximum absolute atomic E-state index is 12.8. The van der Waals surface area contributed by atoms with E-state index in [2.05, 4.69) is 9.46 Å². The van der Waals surface area contributed by atoms with Crippen molar-refractivity contribution in [2.45, 2.75) is 4.90 Å². The van der Waals surface area contributed by atoms with Crippen molar-refractivity contribution in [3.63, 3.8) is 0 Å². The van der Waals surface area contributed by atoms with Crippen LogP contribution in [0, 0.1) is 17.1 Å². The highest BCUT2D eigenvalue weighted by atomic mass is 32.2. The molecule has 2 aromatic carbocycles. The molecule has 1 N–H and O–H groups in total. The van der Waals surface area contributed by atoms with Gasteiger partial charge < -0.3 is 4.74 Å². The molecule has 6 nitrogen and oxygen atoms in total. The van der Waals surface area contributed by atoms with Crippen molar-refractivity contribution >= 4 is 21.7 Å². The molecule has 2 rings (SSSR count). The number of rotatable bonds is 5. The number of halogens is 1. The number of hydrogen-bond acceptors (Lipinski definition) is 5. The third-order valence-corrected chi connectivity index (χ3v) is 4.16. The predicted octanol–water partition coefficient (Wildman–Crippen LogP) is 2.31. The normalized spacial score (nSPS) is 10.6. The molecular formula is C15H11FN2O4S. The van der Waals surface area contributed by atoms with Crippen molar-refractivity contribution in [1.82, 2.24) is 0 Å². The summed E-state index contributed by atoms with van der Waals surface area (Å²) in [4.78, 5) is 11.4. The molecule has 0 radical (unpaired) electrons. The Morgan fingerprint density at radius 2 is 1.74 bits per heavy atom. The first kappa shape index (κ1) is 16.5. The summed E-state index contributed by atoms with van der Waals surface area (Å²) in [6.45, 7) is -0.363. The van der Waals surface area contributed by atoms with Gasteiger partial charge in [0.2, 0.25) is 0 Å². The first-order chi connectivity index (χ1) is 10.9. The standard InChI is InChI=1S/C15H11FN2O4S/c16-12-3-7-14(8-4-12)23(20,21)18-13-5-1-11(2-6-13)15(19)22-10-9-17/h1-8,18H,10H2. The Labute approximate surface area is 132 Å². The van der Waals surface area contributed by atoms with Crippen LogP contribution in [0.25, 0.3) is 0 Å². The lowest BCUT2D eigenvalue weighted by atomic mass is 10.2. The molecule has 0 saturated heterocycles. The quantitative estimate of drug-likeness (QED) is 0.846. The third-order valence-electron chi connectivity index (χ3n) is 2.76. The zero-order chi connectivity index (χ0) is 16.9. The lowest BCUT2D eigenvalue weighted by Gasteiger charge is -2.08. The van der Waals surface area contributed by atoms with Crippen molar-refractivity contribution in [1.29, 1.82) is 5.26 Å². The van der Waals surface area contributed by atoms with Gasteiger partial charge in [-0.1, -0.05) is 0 Å². The van der Waals surface area contributed by atoms with Crippen molar-refractivity contribution in [3.05, 3.63) is 59.9 Å². The highest BCUT2D eigenvalue weighted by molar-refractivity contribution is 7.92. The van der Waals surface area contributed by atoms with Crippen molar-refractivity contribution in [2.24, 2.45) is 0 Å². The summed E-state index contributed by atoms with van der Waals surface area (Å²) < 4.78 is 44.0. The smallest absolute Gasteiger partial charge is 0.339 e. The van der Waals surface area contributed by atoms with Gasteiger partial charge >= 0.3 is 5.97 Å². The number of hydrogen-bond donors (Lipinski definition) is 1. The summed E-state index contributed by atoms with van der Waals surface area (Å²) in [7, 11) is -3.85. The number of carbonyl (C=O) groups is 1. The number of benzene rings is 2. The number of sulfonamides is 1. The average Bonchev–Trinajstić information content (AvgIpc) is 2.53. The fourth-order valence-electron chi connectivity index (χ4n) is 1.68. The maximum atomic E-state index is 12.8. The summed E-state index contributed by atoms with van der Waals surface area (Å²) in [6.07, 6.45) is 0. The van der Waals surface area contributed by atoms with Crippen LogP contribution < -0.4 is 4.72 Å². The van der Waals surface area contributed by atoms with Crippen LogP contribution in [-0.2, 0) is 14.8 Å². The van der Waals surface area contributed by atoms with E-state index < -0.39 is 21.8 Å². The van der Waals surface area contributed by atoms with Gasteiger partial charge in [0, 0.05) is 5.69 Å². The minimum atomic E-state index is -3.85. The van der Waals surface area contributed by atoms with Gasteiger partial charge in [-0.05, 0) is 48.5 Å². The van der Waals surface area contributed by atoms with Crippen LogP contribution in [0.5, 0.6) is 0 Å². The summed E-state index contributed by atoms with van der Waals surface area (Å²) in [5.41, 5.74) is 0.413. The second kappa shape index (κ2) is 6.89. The number of nitriles is 1. The van der Waals surface area contributed by atoms with Crippen LogP contribution >= 0.6 is 0 Å². The molecule has 0 aliphatic carbocycles. The minimum absolute atomic E-state index is 0.0867. The molecule has 0 aromatic heterocycles. The fourth-order valence-corrected chi connectivity index (χ4v) is 2.74. The second-order valence-electron chi connectivity index (χ2n) is 4.37. The van der Waals surface area contributed by atoms with E-state index in [9.17, 15) is 17.6 Å². The molecule has 8 heteroatoms. The molecule has 23 heavy (non-hydrogen) atoms. The Morgan fingerprint density at radius 3 is 2.30 bits per heavy atom. The summed E-state index contributed by atoms with van der Waals surface area (Å²) in [5, 5.41) is 8.33. The number of carbonyl (C=O) groups excluding carboxylic acids is 1. The van der Waals surface area contributed by atoms with Crippen LogP contribution in [0.2, 0.25) is 0 Å². The number of nitrogens with zero attached hydrogens (tertiary/aromatic N) is 1. The molecule has 0 saturated carbocycles. The molecule has 0 amide bonds. The van der Waals surface area contributed by atoms with E-state index in [1.165, 1.54) is 24.3 Å². The molecular weight excluding hydrogens is 323 g/mol. The number of esters is 1. The first-order valence-electron chi connectivity index (χ1n) is 6.35. The van der Waals surface area contributed by atoms with Crippen molar-refractivity contribution < 1.29 is 22.3 Å². The van der Waals surface area contributed by atoms with Crippen LogP contribution in [0.1, 0.15) is 10.4 Å². The van der Waals surface area contributed by atoms with E-state index in [0.717, 1.165) is 24.3 Å². The molecule has 0 fully saturated rings. The molecule has 0 heterocycles. The molecule has 0 aliphatic rings. The monoisotopic (exact) mass is 334 g/mol. The van der Waals surface area contributed by atoms with E-state index in [0.29, 0.717) is 0 Å². The highest BCUT2D eigenvalue weighted by Gasteiger charge is 2.14. The first-order valence-corrected chi connectivity index (χ1v) is 7.83. The van der Waals surface area contributed by atoms with Gasteiger partial charge in [0.1, 0.15) is 11.9 Å².